The topological polar surface area (TPSA) is 12.9 Å². The smallest absolute Gasteiger partial charge is 0.0878 e. The predicted octanol–water partition coefficient (Wildman–Crippen LogP) is 3.84. The van der Waals surface area contributed by atoms with Crippen molar-refractivity contribution in [3.63, 3.8) is 0 Å². The molecule has 74 valence electrons. The molecule has 0 aliphatic carbocycles. The fraction of sp³-hybridized carbons (Fsp3) is 0.417. The summed E-state index contributed by atoms with van der Waals surface area (Å²) in [5.41, 5.74) is 6.74. The van der Waals surface area contributed by atoms with Crippen LogP contribution >= 0.6 is 11.5 Å². The zero-order valence-corrected chi connectivity index (χ0v) is 10.2. The van der Waals surface area contributed by atoms with Crippen molar-refractivity contribution in [2.45, 2.75) is 34.6 Å². The van der Waals surface area contributed by atoms with Crippen LogP contribution < -0.4 is 0 Å². The third kappa shape index (κ3) is 1.10. The molecule has 1 nitrogen and oxygen atoms in total. The highest BCUT2D eigenvalue weighted by atomic mass is 32.1. The molecule has 0 saturated carbocycles. The third-order valence-electron chi connectivity index (χ3n) is 3.28. The lowest BCUT2D eigenvalue weighted by atomic mass is 9.95. The summed E-state index contributed by atoms with van der Waals surface area (Å²) in [6, 6.07) is 0. The summed E-state index contributed by atoms with van der Waals surface area (Å²) >= 11 is 1.61. The Morgan fingerprint density at radius 3 is 2.00 bits per heavy atom. The molecule has 1 heterocycles. The molecule has 0 atom stereocenters. The van der Waals surface area contributed by atoms with Gasteiger partial charge in [0.2, 0.25) is 0 Å². The maximum atomic E-state index is 4.52. The van der Waals surface area contributed by atoms with E-state index < -0.39 is 0 Å². The number of hydrogen-bond acceptors (Lipinski definition) is 2. The van der Waals surface area contributed by atoms with E-state index in [1.165, 1.54) is 38.0 Å². The van der Waals surface area contributed by atoms with E-state index in [-0.39, 0.29) is 0 Å². The Balaban J connectivity index is 3.05. The molecular formula is C12H15NS. The van der Waals surface area contributed by atoms with Crippen molar-refractivity contribution in [2.75, 3.05) is 0 Å². The van der Waals surface area contributed by atoms with Crippen molar-refractivity contribution in [1.29, 1.82) is 0 Å². The second kappa shape index (κ2) is 3.06. The van der Waals surface area contributed by atoms with Crippen LogP contribution in [0, 0.1) is 34.6 Å². The predicted molar refractivity (Wildman–Crippen MR) is 63.3 cm³/mol. The van der Waals surface area contributed by atoms with Gasteiger partial charge in [-0.15, -0.1) is 0 Å². The Bertz CT molecular complexity index is 509. The van der Waals surface area contributed by atoms with Crippen LogP contribution in [0.2, 0.25) is 0 Å². The van der Waals surface area contributed by atoms with Gasteiger partial charge in [0, 0.05) is 10.3 Å². The van der Waals surface area contributed by atoms with Gasteiger partial charge in [0.15, 0.2) is 0 Å². The van der Waals surface area contributed by atoms with Gasteiger partial charge in [-0.25, -0.2) is 0 Å². The molecule has 0 amide bonds. The van der Waals surface area contributed by atoms with Gasteiger partial charge >= 0.3 is 0 Å². The first-order valence-electron chi connectivity index (χ1n) is 4.86. The lowest BCUT2D eigenvalue weighted by Gasteiger charge is -2.10. The number of nitrogens with zero attached hydrogens (tertiary/aromatic N) is 1. The van der Waals surface area contributed by atoms with Crippen LogP contribution in [0.5, 0.6) is 0 Å². The Kier molecular flexibility index (Phi) is 2.11. The lowest BCUT2D eigenvalue weighted by molar-refractivity contribution is 1.24. The summed E-state index contributed by atoms with van der Waals surface area (Å²) in [6.07, 6.45) is 0. The minimum Gasteiger partial charge on any atom is -0.192 e. The lowest BCUT2D eigenvalue weighted by Crippen LogP contribution is -1.93. The standard InChI is InChI=1S/C12H15NS/c1-6-7(2)9(4)12-11(8(6)3)10(5)14-13-12/h1-5H3. The molecule has 0 N–H and O–H groups in total. The molecule has 1 aromatic carbocycles. The number of aryl methyl sites for hydroxylation is 3. The summed E-state index contributed by atoms with van der Waals surface area (Å²) in [5, 5.41) is 1.37. The van der Waals surface area contributed by atoms with Crippen molar-refractivity contribution in [1.82, 2.24) is 4.37 Å². The van der Waals surface area contributed by atoms with Gasteiger partial charge in [-0.3, -0.25) is 0 Å². The molecular weight excluding hydrogens is 190 g/mol. The Morgan fingerprint density at radius 2 is 1.36 bits per heavy atom. The maximum absolute atomic E-state index is 4.52. The SMILES string of the molecule is Cc1c(C)c(C)c2c(C)snc2c1C. The molecule has 14 heavy (non-hydrogen) atoms. The summed E-state index contributed by atoms with van der Waals surface area (Å²) in [7, 11) is 0. The van der Waals surface area contributed by atoms with Crippen molar-refractivity contribution in [3.05, 3.63) is 27.1 Å². The molecule has 0 aliphatic heterocycles. The van der Waals surface area contributed by atoms with E-state index in [4.69, 9.17) is 0 Å². The van der Waals surface area contributed by atoms with Crippen molar-refractivity contribution < 1.29 is 0 Å². The summed E-state index contributed by atoms with van der Waals surface area (Å²) < 4.78 is 4.52. The molecule has 2 aromatic rings. The average molecular weight is 205 g/mol. The van der Waals surface area contributed by atoms with Crippen molar-refractivity contribution in [2.24, 2.45) is 0 Å². The highest BCUT2D eigenvalue weighted by Crippen LogP contribution is 2.32. The average Bonchev–Trinajstić information content (AvgIpc) is 2.54. The van der Waals surface area contributed by atoms with E-state index in [1.54, 1.807) is 11.5 Å². The van der Waals surface area contributed by atoms with E-state index in [1.807, 2.05) is 0 Å². The molecule has 2 heteroatoms. The second-order valence-electron chi connectivity index (χ2n) is 3.96. The van der Waals surface area contributed by atoms with Crippen LogP contribution in [0.1, 0.15) is 27.1 Å². The Hall–Kier alpha value is -0.890. The number of aromatic nitrogens is 1. The van der Waals surface area contributed by atoms with Crippen LogP contribution in [-0.2, 0) is 0 Å². The molecule has 2 rings (SSSR count). The first-order chi connectivity index (χ1) is 6.54. The highest BCUT2D eigenvalue weighted by Gasteiger charge is 2.12. The monoisotopic (exact) mass is 205 g/mol. The van der Waals surface area contributed by atoms with Gasteiger partial charge in [0.1, 0.15) is 0 Å². The number of benzene rings is 1. The van der Waals surface area contributed by atoms with Crippen molar-refractivity contribution in [3.8, 4) is 0 Å². The van der Waals surface area contributed by atoms with E-state index >= 15 is 0 Å². The molecule has 0 unspecified atom stereocenters. The minimum absolute atomic E-state index is 1.20. The van der Waals surface area contributed by atoms with Crippen LogP contribution in [-0.4, -0.2) is 4.37 Å². The highest BCUT2D eigenvalue weighted by molar-refractivity contribution is 7.07. The van der Waals surface area contributed by atoms with Crippen LogP contribution in [0.3, 0.4) is 0 Å². The van der Waals surface area contributed by atoms with E-state index in [0.29, 0.717) is 0 Å². The molecule has 0 saturated heterocycles. The summed E-state index contributed by atoms with van der Waals surface area (Å²) in [6.45, 7) is 10.9. The Morgan fingerprint density at radius 1 is 0.786 bits per heavy atom. The molecule has 1 aromatic heterocycles. The first-order valence-corrected chi connectivity index (χ1v) is 5.63. The van der Waals surface area contributed by atoms with Gasteiger partial charge in [-0.05, 0) is 68.4 Å². The van der Waals surface area contributed by atoms with E-state index in [2.05, 4.69) is 39.0 Å². The van der Waals surface area contributed by atoms with Crippen LogP contribution in [0.25, 0.3) is 10.9 Å². The molecule has 0 spiro atoms. The van der Waals surface area contributed by atoms with Crippen LogP contribution in [0.4, 0.5) is 0 Å². The fourth-order valence-corrected chi connectivity index (χ4v) is 2.79. The summed E-state index contributed by atoms with van der Waals surface area (Å²) in [4.78, 5) is 1.34. The van der Waals surface area contributed by atoms with Gasteiger partial charge in [0.05, 0.1) is 5.52 Å². The Labute approximate surface area is 88.9 Å². The zero-order valence-electron chi connectivity index (χ0n) is 9.36. The summed E-state index contributed by atoms with van der Waals surface area (Å²) in [5.74, 6) is 0. The number of hydrogen-bond donors (Lipinski definition) is 0. The second-order valence-corrected chi connectivity index (χ2v) is 4.94. The van der Waals surface area contributed by atoms with Gasteiger partial charge in [-0.2, -0.15) is 4.37 Å². The molecule has 0 aliphatic rings. The fourth-order valence-electron chi connectivity index (χ4n) is 2.00. The van der Waals surface area contributed by atoms with Gasteiger partial charge in [0.25, 0.3) is 0 Å². The largest absolute Gasteiger partial charge is 0.192 e. The van der Waals surface area contributed by atoms with Gasteiger partial charge < -0.3 is 0 Å². The molecule has 0 radical (unpaired) electrons. The first kappa shape index (κ1) is 9.66. The van der Waals surface area contributed by atoms with E-state index in [9.17, 15) is 0 Å². The van der Waals surface area contributed by atoms with Crippen LogP contribution in [0.15, 0.2) is 0 Å². The number of fused-ring (bicyclic) bond motifs is 1. The normalized spacial score (nSPS) is 11.2. The third-order valence-corrected chi connectivity index (χ3v) is 4.03. The maximum Gasteiger partial charge on any atom is 0.0878 e. The number of rotatable bonds is 0. The van der Waals surface area contributed by atoms with Gasteiger partial charge in [-0.1, -0.05) is 0 Å². The van der Waals surface area contributed by atoms with Crippen molar-refractivity contribution >= 4 is 22.4 Å². The molecule has 0 bridgehead atoms. The minimum atomic E-state index is 1.20. The zero-order chi connectivity index (χ0) is 10.5. The molecule has 0 fully saturated rings. The quantitative estimate of drug-likeness (QED) is 0.637. The van der Waals surface area contributed by atoms with E-state index in [0.717, 1.165) is 0 Å².